The minimum atomic E-state index is -8.02. The first-order valence-corrected chi connectivity index (χ1v) is 9.82. The molecular formula is C8H6F9N2O6S3-. The maximum Gasteiger partial charge on any atom is 0.470 e. The van der Waals surface area contributed by atoms with Gasteiger partial charge < -0.3 is 0 Å². The van der Waals surface area contributed by atoms with E-state index in [9.17, 15) is 64.8 Å². The average Bonchev–Trinajstić information content (AvgIpc) is 2.34. The number of nitriles is 2. The third kappa shape index (κ3) is 6.98. The summed E-state index contributed by atoms with van der Waals surface area (Å²) < 4.78 is 167. The molecule has 0 atom stereocenters. The molecule has 0 saturated heterocycles. The van der Waals surface area contributed by atoms with Gasteiger partial charge in [-0.15, -0.1) is 0 Å². The molecule has 0 aliphatic rings. The maximum absolute atomic E-state index is 12.0. The van der Waals surface area contributed by atoms with Crippen LogP contribution in [-0.2, 0) is 29.5 Å². The summed E-state index contributed by atoms with van der Waals surface area (Å²) in [6.07, 6.45) is 0. The topological polar surface area (TPSA) is 150 Å². The highest BCUT2D eigenvalue weighted by Crippen LogP contribution is 2.47. The van der Waals surface area contributed by atoms with Crippen LogP contribution in [0.25, 0.3) is 0 Å². The number of sulfone groups is 3. The van der Waals surface area contributed by atoms with Crippen molar-refractivity contribution in [2.75, 3.05) is 0 Å². The van der Waals surface area contributed by atoms with E-state index in [2.05, 4.69) is 0 Å². The first-order chi connectivity index (χ1) is 11.9. The van der Waals surface area contributed by atoms with Crippen molar-refractivity contribution < 1.29 is 64.8 Å². The lowest BCUT2D eigenvalue weighted by atomic mass is 11.0. The summed E-state index contributed by atoms with van der Waals surface area (Å²) in [5, 5.41) is 14.6. The Bertz CT molecular complexity index is 798. The highest BCUT2D eigenvalue weighted by Gasteiger charge is 2.63. The van der Waals surface area contributed by atoms with E-state index in [0.717, 1.165) is 0 Å². The van der Waals surface area contributed by atoms with E-state index in [1.54, 1.807) is 12.1 Å². The first kappa shape index (κ1) is 30.9. The fourth-order valence-corrected chi connectivity index (χ4v) is 6.45. The first-order valence-electron chi connectivity index (χ1n) is 5.37. The molecule has 0 aromatic rings. The quantitative estimate of drug-likeness (QED) is 0.429. The zero-order chi connectivity index (χ0) is 24.0. The second-order valence-corrected chi connectivity index (χ2v) is 9.95. The number of rotatable bonds is 3. The minimum absolute atomic E-state index is 1.43. The van der Waals surface area contributed by atoms with Gasteiger partial charge in [0.15, 0.2) is 29.5 Å². The van der Waals surface area contributed by atoms with Gasteiger partial charge in [-0.1, -0.05) is 0 Å². The van der Waals surface area contributed by atoms with E-state index in [0.29, 0.717) is 0 Å². The van der Waals surface area contributed by atoms with Gasteiger partial charge >= 0.3 is 16.5 Å². The lowest BCUT2D eigenvalue weighted by molar-refractivity contribution is -0.0471. The number of halogens is 9. The standard InChI is InChI=1S/C4F9O6S3.2C2H3N/c5-2(6,7)20(14,15)1(21(16,17)3(8,9)10)22(18,19)4(11,12)13;2*1-2-3/h;2*1H3/q-1;;. The predicted octanol–water partition coefficient (Wildman–Crippen LogP) is 2.30. The molecule has 0 bridgehead atoms. The smallest absolute Gasteiger partial charge is 0.251 e. The Morgan fingerprint density at radius 1 is 0.571 bits per heavy atom. The van der Waals surface area contributed by atoms with Crippen LogP contribution in [0.1, 0.15) is 13.8 Å². The lowest BCUT2D eigenvalue weighted by Gasteiger charge is -2.31. The van der Waals surface area contributed by atoms with Gasteiger partial charge in [0.2, 0.25) is 0 Å². The van der Waals surface area contributed by atoms with Crippen LogP contribution < -0.4 is 0 Å². The van der Waals surface area contributed by atoms with Crippen molar-refractivity contribution in [3.63, 3.8) is 0 Å². The Labute approximate surface area is 151 Å². The summed E-state index contributed by atoms with van der Waals surface area (Å²) in [4.78, 5) is 0. The van der Waals surface area contributed by atoms with Gasteiger partial charge in [0, 0.05) is 13.8 Å². The van der Waals surface area contributed by atoms with Crippen molar-refractivity contribution in [3.05, 3.63) is 3.91 Å². The second kappa shape index (κ2) is 9.60. The van der Waals surface area contributed by atoms with Crippen molar-refractivity contribution in [1.82, 2.24) is 0 Å². The summed E-state index contributed by atoms with van der Waals surface area (Å²) >= 11 is 0. The van der Waals surface area contributed by atoms with Crippen LogP contribution in [-0.4, -0.2) is 41.8 Å². The summed E-state index contributed by atoms with van der Waals surface area (Å²) in [7, 11) is -24.1. The molecule has 28 heavy (non-hydrogen) atoms. The normalized spacial score (nSPS) is 13.2. The average molecular weight is 493 g/mol. The van der Waals surface area contributed by atoms with Gasteiger partial charge in [-0.05, 0) is 0 Å². The number of hydrogen-bond acceptors (Lipinski definition) is 8. The fourth-order valence-electron chi connectivity index (χ4n) is 0.717. The fraction of sp³-hybridized carbons (Fsp3) is 0.625. The molecular weight excluding hydrogens is 487 g/mol. The molecule has 0 heterocycles. The van der Waals surface area contributed by atoms with Gasteiger partial charge in [0.25, 0.3) is 0 Å². The van der Waals surface area contributed by atoms with E-state index in [1.165, 1.54) is 13.8 Å². The summed E-state index contributed by atoms with van der Waals surface area (Å²) in [5.74, 6) is 0. The molecule has 0 radical (unpaired) electrons. The zero-order valence-electron chi connectivity index (χ0n) is 13.0. The molecule has 0 rings (SSSR count). The number of alkyl halides is 9. The Hall–Kier alpha value is -1.80. The summed E-state index contributed by atoms with van der Waals surface area (Å²) in [5.41, 5.74) is -21.2. The largest absolute Gasteiger partial charge is 0.470 e. The second-order valence-electron chi connectivity index (χ2n) is 3.54. The molecule has 0 aromatic heterocycles. The van der Waals surface area contributed by atoms with E-state index in [4.69, 9.17) is 10.5 Å². The Kier molecular flexibility index (Phi) is 10.6. The van der Waals surface area contributed by atoms with Crippen molar-refractivity contribution in [3.8, 4) is 12.1 Å². The minimum Gasteiger partial charge on any atom is -0.251 e. The van der Waals surface area contributed by atoms with Crippen LogP contribution >= 0.6 is 0 Å². The van der Waals surface area contributed by atoms with Gasteiger partial charge in [0.05, 0.1) is 16.1 Å². The SMILES string of the molecule is CC#N.CC#N.O=S(=O)([C-](S(=O)(=O)C(F)(F)F)S(=O)(=O)C(F)(F)F)C(F)(F)F. The van der Waals surface area contributed by atoms with Crippen molar-refractivity contribution in [2.24, 2.45) is 0 Å². The van der Waals surface area contributed by atoms with Crippen LogP contribution in [0.5, 0.6) is 0 Å². The van der Waals surface area contributed by atoms with Crippen LogP contribution in [0, 0.1) is 26.6 Å². The molecule has 0 spiro atoms. The Morgan fingerprint density at radius 2 is 0.679 bits per heavy atom. The molecule has 8 nitrogen and oxygen atoms in total. The summed E-state index contributed by atoms with van der Waals surface area (Å²) in [6, 6.07) is 3.50. The van der Waals surface area contributed by atoms with Crippen molar-refractivity contribution in [1.29, 1.82) is 10.5 Å². The maximum atomic E-state index is 12.0. The molecule has 0 N–H and O–H groups in total. The molecule has 0 fully saturated rings. The van der Waals surface area contributed by atoms with E-state index < -0.39 is 50.0 Å². The molecule has 166 valence electrons. The monoisotopic (exact) mass is 493 g/mol. The highest BCUT2D eigenvalue weighted by atomic mass is 32.3. The van der Waals surface area contributed by atoms with Crippen LogP contribution in [0.2, 0.25) is 0 Å². The number of nitrogens with zero attached hydrogens (tertiary/aromatic N) is 2. The Balaban J connectivity index is -0.000000915. The molecule has 0 unspecified atom stereocenters. The van der Waals surface area contributed by atoms with Crippen LogP contribution in [0.15, 0.2) is 0 Å². The molecule has 0 amide bonds. The molecule has 0 aliphatic carbocycles. The van der Waals surface area contributed by atoms with Crippen molar-refractivity contribution >= 4 is 29.5 Å². The predicted molar refractivity (Wildman–Crippen MR) is 70.7 cm³/mol. The molecule has 0 aromatic carbocycles. The van der Waals surface area contributed by atoms with Crippen molar-refractivity contribution in [2.45, 2.75) is 30.4 Å². The van der Waals surface area contributed by atoms with Crippen LogP contribution in [0.4, 0.5) is 39.5 Å². The van der Waals surface area contributed by atoms with E-state index in [1.807, 2.05) is 0 Å². The van der Waals surface area contributed by atoms with Gasteiger partial charge in [-0.25, -0.2) is 0 Å². The van der Waals surface area contributed by atoms with Crippen LogP contribution in [0.3, 0.4) is 0 Å². The van der Waals surface area contributed by atoms with E-state index >= 15 is 0 Å². The van der Waals surface area contributed by atoms with Gasteiger partial charge in [-0.2, -0.15) is 50.0 Å². The highest BCUT2D eigenvalue weighted by molar-refractivity contribution is 8.29. The van der Waals surface area contributed by atoms with E-state index in [-0.39, 0.29) is 0 Å². The zero-order valence-corrected chi connectivity index (χ0v) is 15.4. The molecule has 0 aliphatic heterocycles. The molecule has 0 saturated carbocycles. The van der Waals surface area contributed by atoms with Gasteiger partial charge in [0.1, 0.15) is 0 Å². The third-order valence-corrected chi connectivity index (χ3v) is 8.67. The number of hydrogen-bond donors (Lipinski definition) is 0. The molecule has 20 heteroatoms. The lowest BCUT2D eigenvalue weighted by Crippen LogP contribution is -2.47. The third-order valence-electron chi connectivity index (χ3n) is 1.57. The van der Waals surface area contributed by atoms with Gasteiger partial charge in [-0.3, -0.25) is 25.3 Å². The Morgan fingerprint density at radius 3 is 0.750 bits per heavy atom. The summed E-state index contributed by atoms with van der Waals surface area (Å²) in [6.45, 7) is 2.86.